The molecule has 0 saturated heterocycles. The van der Waals surface area contributed by atoms with Crippen molar-refractivity contribution in [3.05, 3.63) is 29.8 Å². The van der Waals surface area contributed by atoms with Crippen LogP contribution in [0.15, 0.2) is 24.3 Å². The predicted octanol–water partition coefficient (Wildman–Crippen LogP) is 3.32. The van der Waals surface area contributed by atoms with Crippen LogP contribution < -0.4 is 4.74 Å². The molecule has 0 fully saturated rings. The molecule has 15 heavy (non-hydrogen) atoms. The van der Waals surface area contributed by atoms with E-state index in [2.05, 4.69) is 10.7 Å². The van der Waals surface area contributed by atoms with Crippen LogP contribution in [-0.2, 0) is 0 Å². The van der Waals surface area contributed by atoms with Crippen LogP contribution in [0.2, 0.25) is 0 Å². The molecule has 0 heterocycles. The number of alkyl halides is 3. The fourth-order valence-electron chi connectivity index (χ4n) is 1.08. The van der Waals surface area contributed by atoms with E-state index in [1.807, 2.05) is 0 Å². The normalized spacial score (nSPS) is 13.0. The van der Waals surface area contributed by atoms with Crippen molar-refractivity contribution in [1.82, 2.24) is 0 Å². The van der Waals surface area contributed by atoms with Crippen molar-refractivity contribution < 1.29 is 17.9 Å². The van der Waals surface area contributed by atoms with Gasteiger partial charge in [0.25, 0.3) is 0 Å². The lowest BCUT2D eigenvalue weighted by Gasteiger charge is -2.11. The largest absolute Gasteiger partial charge is 0.573 e. The first-order valence-electron chi connectivity index (χ1n) is 4.24. The summed E-state index contributed by atoms with van der Waals surface area (Å²) < 4.78 is 39.4. The van der Waals surface area contributed by atoms with Gasteiger partial charge in [0.1, 0.15) is 5.75 Å². The van der Waals surface area contributed by atoms with Crippen LogP contribution in [0.25, 0.3) is 0 Å². The minimum absolute atomic E-state index is 0.234. The fourth-order valence-corrected chi connectivity index (χ4v) is 1.08. The Labute approximate surface area is 85.9 Å². The first kappa shape index (κ1) is 11.4. The summed E-state index contributed by atoms with van der Waals surface area (Å²) in [6.07, 6.45) is 0.500. The highest BCUT2D eigenvalue weighted by atomic mass is 19.4. The van der Waals surface area contributed by atoms with Crippen LogP contribution >= 0.6 is 0 Å². The fraction of sp³-hybridized carbons (Fsp3) is 0.273. The third kappa shape index (κ3) is 3.55. The lowest BCUT2D eigenvalue weighted by molar-refractivity contribution is -0.274. The number of benzene rings is 1. The average Bonchev–Trinajstić information content (AvgIpc) is 2.14. The smallest absolute Gasteiger partial charge is 0.406 e. The van der Waals surface area contributed by atoms with E-state index in [1.54, 1.807) is 13.0 Å². The van der Waals surface area contributed by atoms with Crippen LogP contribution in [0.1, 0.15) is 18.4 Å². The highest BCUT2D eigenvalue weighted by Gasteiger charge is 2.31. The molecule has 1 aromatic rings. The van der Waals surface area contributed by atoms with E-state index in [1.165, 1.54) is 18.2 Å². The third-order valence-corrected chi connectivity index (χ3v) is 1.84. The lowest BCUT2D eigenvalue weighted by atomic mass is 10.0. The Morgan fingerprint density at radius 1 is 1.40 bits per heavy atom. The van der Waals surface area contributed by atoms with Crippen molar-refractivity contribution in [1.29, 1.82) is 0 Å². The van der Waals surface area contributed by atoms with Gasteiger partial charge in [0.05, 0.1) is 0 Å². The molecule has 0 N–H and O–H groups in total. The number of hydrogen-bond donors (Lipinski definition) is 0. The van der Waals surface area contributed by atoms with Crippen molar-refractivity contribution in [3.63, 3.8) is 0 Å². The number of hydrogen-bond acceptors (Lipinski definition) is 1. The van der Waals surface area contributed by atoms with Gasteiger partial charge >= 0.3 is 6.36 Å². The standard InChI is InChI=1S/C11H9F3O/c1-3-8(2)9-5-4-6-10(7-9)15-11(12,13)14/h1,4-8H,2H3. The number of ether oxygens (including phenoxy) is 1. The van der Waals surface area contributed by atoms with Gasteiger partial charge in [0.15, 0.2) is 0 Å². The maximum absolute atomic E-state index is 11.9. The van der Waals surface area contributed by atoms with Gasteiger partial charge in [-0.25, -0.2) is 0 Å². The van der Waals surface area contributed by atoms with Crippen molar-refractivity contribution >= 4 is 0 Å². The molecule has 0 aromatic heterocycles. The molecule has 0 saturated carbocycles. The highest BCUT2D eigenvalue weighted by Crippen LogP contribution is 2.25. The first-order chi connectivity index (χ1) is 6.92. The first-order valence-corrected chi connectivity index (χ1v) is 4.24. The monoisotopic (exact) mass is 214 g/mol. The van der Waals surface area contributed by atoms with Crippen molar-refractivity contribution in [2.75, 3.05) is 0 Å². The van der Waals surface area contributed by atoms with E-state index >= 15 is 0 Å². The number of halogens is 3. The van der Waals surface area contributed by atoms with Gasteiger partial charge in [-0.1, -0.05) is 18.1 Å². The minimum atomic E-state index is -4.67. The van der Waals surface area contributed by atoms with Gasteiger partial charge in [0.2, 0.25) is 0 Å². The third-order valence-electron chi connectivity index (χ3n) is 1.84. The Balaban J connectivity index is 2.89. The van der Waals surface area contributed by atoms with Crippen molar-refractivity contribution in [2.24, 2.45) is 0 Å². The Morgan fingerprint density at radius 2 is 2.07 bits per heavy atom. The maximum Gasteiger partial charge on any atom is 0.573 e. The molecule has 0 radical (unpaired) electrons. The Morgan fingerprint density at radius 3 is 2.60 bits per heavy atom. The molecule has 1 aromatic carbocycles. The Kier molecular flexibility index (Phi) is 3.25. The van der Waals surface area contributed by atoms with Crippen LogP contribution in [0.4, 0.5) is 13.2 Å². The zero-order valence-electron chi connectivity index (χ0n) is 8.01. The van der Waals surface area contributed by atoms with Gasteiger partial charge in [-0.05, 0) is 24.6 Å². The molecule has 0 amide bonds. The van der Waals surface area contributed by atoms with Crippen LogP contribution in [0.3, 0.4) is 0 Å². The summed E-state index contributed by atoms with van der Waals surface area (Å²) in [7, 11) is 0. The van der Waals surface area contributed by atoms with Crippen LogP contribution in [0.5, 0.6) is 5.75 Å². The summed E-state index contributed by atoms with van der Waals surface area (Å²) in [6, 6.07) is 5.66. The SMILES string of the molecule is C#CC(C)c1cccc(OC(F)(F)F)c1. The molecule has 80 valence electrons. The molecule has 1 atom stereocenters. The maximum atomic E-state index is 11.9. The number of rotatable bonds is 2. The molecule has 4 heteroatoms. The van der Waals surface area contributed by atoms with E-state index in [9.17, 15) is 13.2 Å². The van der Waals surface area contributed by atoms with E-state index in [-0.39, 0.29) is 11.7 Å². The summed E-state index contributed by atoms with van der Waals surface area (Å²) in [5, 5.41) is 0. The van der Waals surface area contributed by atoms with Crippen LogP contribution in [-0.4, -0.2) is 6.36 Å². The van der Waals surface area contributed by atoms with Gasteiger partial charge in [-0.3, -0.25) is 0 Å². The molecular formula is C11H9F3O. The summed E-state index contributed by atoms with van der Waals surface area (Å²) in [5.74, 6) is 1.95. The summed E-state index contributed by atoms with van der Waals surface area (Å²) in [4.78, 5) is 0. The van der Waals surface area contributed by atoms with E-state index < -0.39 is 6.36 Å². The van der Waals surface area contributed by atoms with Gasteiger partial charge in [0, 0.05) is 5.92 Å². The summed E-state index contributed by atoms with van der Waals surface area (Å²) in [6.45, 7) is 1.73. The zero-order valence-corrected chi connectivity index (χ0v) is 8.01. The second kappa shape index (κ2) is 4.26. The molecule has 0 aliphatic carbocycles. The number of terminal acetylenes is 1. The molecular weight excluding hydrogens is 205 g/mol. The molecule has 0 aliphatic heterocycles. The molecule has 1 rings (SSSR count). The van der Waals surface area contributed by atoms with E-state index in [4.69, 9.17) is 6.42 Å². The minimum Gasteiger partial charge on any atom is -0.406 e. The van der Waals surface area contributed by atoms with Gasteiger partial charge in [-0.15, -0.1) is 19.6 Å². The molecule has 0 bridgehead atoms. The second-order valence-electron chi connectivity index (χ2n) is 3.01. The van der Waals surface area contributed by atoms with Gasteiger partial charge in [-0.2, -0.15) is 0 Å². The Hall–Kier alpha value is -1.63. The topological polar surface area (TPSA) is 9.23 Å². The van der Waals surface area contributed by atoms with Crippen molar-refractivity contribution in [2.45, 2.75) is 19.2 Å². The summed E-state index contributed by atoms with van der Waals surface area (Å²) in [5.41, 5.74) is 0.624. The zero-order chi connectivity index (χ0) is 11.5. The Bertz CT molecular complexity index is 376. The molecule has 0 aliphatic rings. The molecule has 1 nitrogen and oxygen atoms in total. The molecule has 1 unspecified atom stereocenters. The second-order valence-corrected chi connectivity index (χ2v) is 3.01. The lowest BCUT2D eigenvalue weighted by Crippen LogP contribution is -2.17. The quantitative estimate of drug-likeness (QED) is 0.686. The summed E-state index contributed by atoms with van der Waals surface area (Å²) >= 11 is 0. The van der Waals surface area contributed by atoms with Gasteiger partial charge < -0.3 is 4.74 Å². The van der Waals surface area contributed by atoms with Crippen LogP contribution in [0, 0.1) is 12.3 Å². The van der Waals surface area contributed by atoms with Crippen molar-refractivity contribution in [3.8, 4) is 18.1 Å². The van der Waals surface area contributed by atoms with E-state index in [0.29, 0.717) is 5.56 Å². The predicted molar refractivity (Wildman–Crippen MR) is 50.4 cm³/mol. The average molecular weight is 214 g/mol. The highest BCUT2D eigenvalue weighted by molar-refractivity contribution is 5.33. The van der Waals surface area contributed by atoms with E-state index in [0.717, 1.165) is 0 Å². The molecule has 0 spiro atoms.